The molecule has 2 aromatic carbocycles. The van der Waals surface area contributed by atoms with E-state index in [9.17, 15) is 4.39 Å². The molecule has 146 valence electrons. The van der Waals surface area contributed by atoms with Gasteiger partial charge >= 0.3 is 0 Å². The van der Waals surface area contributed by atoms with Crippen molar-refractivity contribution in [1.82, 2.24) is 15.1 Å². The largest absolute Gasteiger partial charge is 0.306 e. The molecule has 1 aliphatic rings. The van der Waals surface area contributed by atoms with E-state index < -0.39 is 0 Å². The standard InChI is InChI=1S/C24H23FN4/c1-16-24(17(2)29(28-16)23-10-7-21(25)8-11-23)20-6-9-22(13-20)27-15-19-5-3-4-18(12-19)14-26/h3-12,20,22,27H,13,15H2,1-2H3. The van der Waals surface area contributed by atoms with Crippen molar-refractivity contribution in [3.8, 4) is 11.8 Å². The summed E-state index contributed by atoms with van der Waals surface area (Å²) in [7, 11) is 0. The Kier molecular flexibility index (Phi) is 5.28. The quantitative estimate of drug-likeness (QED) is 0.647. The van der Waals surface area contributed by atoms with Crippen molar-refractivity contribution >= 4 is 0 Å². The predicted octanol–water partition coefficient (Wildman–Crippen LogP) is 4.70. The van der Waals surface area contributed by atoms with Crippen LogP contribution in [0.3, 0.4) is 0 Å². The number of halogens is 1. The third kappa shape index (κ3) is 3.98. The summed E-state index contributed by atoms with van der Waals surface area (Å²) in [5.74, 6) is 0.0515. The smallest absolute Gasteiger partial charge is 0.123 e. The Morgan fingerprint density at radius 1 is 1.17 bits per heavy atom. The summed E-state index contributed by atoms with van der Waals surface area (Å²) in [6.07, 6.45) is 5.43. The van der Waals surface area contributed by atoms with Crippen molar-refractivity contribution in [2.75, 3.05) is 0 Å². The maximum absolute atomic E-state index is 13.3. The van der Waals surface area contributed by atoms with Crippen molar-refractivity contribution in [3.05, 3.63) is 94.6 Å². The van der Waals surface area contributed by atoms with Crippen LogP contribution < -0.4 is 5.32 Å². The zero-order valence-corrected chi connectivity index (χ0v) is 16.6. The first-order valence-corrected chi connectivity index (χ1v) is 9.78. The highest BCUT2D eigenvalue weighted by molar-refractivity contribution is 5.41. The Morgan fingerprint density at radius 2 is 1.97 bits per heavy atom. The average molecular weight is 386 g/mol. The van der Waals surface area contributed by atoms with E-state index in [0.717, 1.165) is 35.6 Å². The van der Waals surface area contributed by atoms with Gasteiger partial charge < -0.3 is 5.32 Å². The first kappa shape index (κ1) is 19.1. The lowest BCUT2D eigenvalue weighted by Crippen LogP contribution is -2.25. The Hall–Kier alpha value is -3.23. The second-order valence-electron chi connectivity index (χ2n) is 7.50. The van der Waals surface area contributed by atoms with Crippen molar-refractivity contribution in [2.24, 2.45) is 0 Å². The van der Waals surface area contributed by atoms with E-state index in [0.29, 0.717) is 11.5 Å². The van der Waals surface area contributed by atoms with Gasteiger partial charge in [-0.25, -0.2) is 9.07 Å². The number of aromatic nitrogens is 2. The van der Waals surface area contributed by atoms with Gasteiger partial charge in [-0.15, -0.1) is 0 Å². The number of hydrogen-bond acceptors (Lipinski definition) is 3. The van der Waals surface area contributed by atoms with Crippen LogP contribution in [0.4, 0.5) is 4.39 Å². The zero-order chi connectivity index (χ0) is 20.4. The molecule has 0 radical (unpaired) electrons. The normalized spacial score (nSPS) is 18.1. The van der Waals surface area contributed by atoms with Crippen LogP contribution in [-0.4, -0.2) is 15.8 Å². The van der Waals surface area contributed by atoms with Crippen LogP contribution in [0.25, 0.3) is 5.69 Å². The first-order chi connectivity index (χ1) is 14.0. The fourth-order valence-corrected chi connectivity index (χ4v) is 4.09. The van der Waals surface area contributed by atoms with Gasteiger partial charge in [0, 0.05) is 29.8 Å². The molecule has 1 aromatic heterocycles. The highest BCUT2D eigenvalue weighted by Gasteiger charge is 2.26. The molecule has 4 rings (SSSR count). The Labute approximate surface area is 170 Å². The highest BCUT2D eigenvalue weighted by Crippen LogP contribution is 2.34. The highest BCUT2D eigenvalue weighted by atomic mass is 19.1. The number of rotatable bonds is 5. The molecule has 0 amide bonds. The molecule has 1 N–H and O–H groups in total. The van der Waals surface area contributed by atoms with Crippen molar-refractivity contribution in [2.45, 2.75) is 38.8 Å². The number of aryl methyl sites for hydroxylation is 1. The van der Waals surface area contributed by atoms with Gasteiger partial charge in [0.05, 0.1) is 23.0 Å². The van der Waals surface area contributed by atoms with E-state index >= 15 is 0 Å². The summed E-state index contributed by atoms with van der Waals surface area (Å²) in [4.78, 5) is 0. The molecule has 0 fully saturated rings. The lowest BCUT2D eigenvalue weighted by atomic mass is 9.96. The number of hydrogen-bond donors (Lipinski definition) is 1. The Balaban J connectivity index is 1.46. The Morgan fingerprint density at radius 3 is 2.72 bits per heavy atom. The molecule has 5 heteroatoms. The van der Waals surface area contributed by atoms with Crippen molar-refractivity contribution in [1.29, 1.82) is 5.26 Å². The fraction of sp³-hybridized carbons (Fsp3) is 0.250. The van der Waals surface area contributed by atoms with E-state index in [-0.39, 0.29) is 11.9 Å². The Bertz CT molecular complexity index is 1090. The minimum Gasteiger partial charge on any atom is -0.306 e. The molecule has 0 bridgehead atoms. The third-order valence-corrected chi connectivity index (χ3v) is 5.50. The van der Waals surface area contributed by atoms with E-state index in [1.165, 1.54) is 17.7 Å². The van der Waals surface area contributed by atoms with Crippen LogP contribution in [0.1, 0.15) is 40.4 Å². The number of nitrogens with zero attached hydrogens (tertiary/aromatic N) is 3. The zero-order valence-electron chi connectivity index (χ0n) is 16.6. The number of allylic oxidation sites excluding steroid dienone is 1. The van der Waals surface area contributed by atoms with Crippen LogP contribution in [0, 0.1) is 31.0 Å². The van der Waals surface area contributed by atoms with E-state index in [4.69, 9.17) is 10.4 Å². The van der Waals surface area contributed by atoms with Crippen LogP contribution >= 0.6 is 0 Å². The third-order valence-electron chi connectivity index (χ3n) is 5.50. The molecular weight excluding hydrogens is 363 g/mol. The van der Waals surface area contributed by atoms with E-state index in [1.807, 2.05) is 35.9 Å². The molecule has 0 saturated heterocycles. The van der Waals surface area contributed by atoms with Gasteiger partial charge in [0.2, 0.25) is 0 Å². The maximum Gasteiger partial charge on any atom is 0.123 e. The average Bonchev–Trinajstić information content (AvgIpc) is 3.31. The number of benzene rings is 2. The van der Waals surface area contributed by atoms with Crippen LogP contribution in [0.15, 0.2) is 60.7 Å². The topological polar surface area (TPSA) is 53.6 Å². The number of nitriles is 1. The SMILES string of the molecule is Cc1nn(-c2ccc(F)cc2)c(C)c1C1C=CC(NCc2cccc(C#N)c2)C1. The van der Waals surface area contributed by atoms with Gasteiger partial charge in [0.1, 0.15) is 5.82 Å². The first-order valence-electron chi connectivity index (χ1n) is 9.78. The summed E-state index contributed by atoms with van der Waals surface area (Å²) in [6.45, 7) is 4.83. The van der Waals surface area contributed by atoms with Gasteiger partial charge in [-0.1, -0.05) is 24.3 Å². The molecule has 0 aliphatic heterocycles. The van der Waals surface area contributed by atoms with Crippen LogP contribution in [0.2, 0.25) is 0 Å². The summed E-state index contributed by atoms with van der Waals surface area (Å²) >= 11 is 0. The van der Waals surface area contributed by atoms with Crippen molar-refractivity contribution in [3.63, 3.8) is 0 Å². The van der Waals surface area contributed by atoms with Crippen LogP contribution in [0.5, 0.6) is 0 Å². The summed E-state index contributed by atoms with van der Waals surface area (Å²) in [5.41, 5.74) is 5.99. The second kappa shape index (κ2) is 8.02. The molecule has 4 nitrogen and oxygen atoms in total. The molecular formula is C24H23FN4. The number of nitrogens with one attached hydrogen (secondary N) is 1. The molecule has 0 spiro atoms. The molecule has 1 aliphatic carbocycles. The monoisotopic (exact) mass is 386 g/mol. The van der Waals surface area contributed by atoms with Gasteiger partial charge in [0.25, 0.3) is 0 Å². The summed E-state index contributed by atoms with van der Waals surface area (Å²) < 4.78 is 15.1. The van der Waals surface area contributed by atoms with Crippen LogP contribution in [-0.2, 0) is 6.54 Å². The minimum atomic E-state index is -0.247. The molecule has 2 atom stereocenters. The summed E-state index contributed by atoms with van der Waals surface area (Å²) in [5, 5.41) is 17.3. The lowest BCUT2D eigenvalue weighted by Gasteiger charge is -2.15. The van der Waals surface area contributed by atoms with E-state index in [1.54, 1.807) is 12.1 Å². The molecule has 2 unspecified atom stereocenters. The maximum atomic E-state index is 13.3. The van der Waals surface area contributed by atoms with Gasteiger partial charge in [-0.3, -0.25) is 0 Å². The molecule has 1 heterocycles. The molecule has 0 saturated carbocycles. The van der Waals surface area contributed by atoms with E-state index in [2.05, 4.69) is 30.5 Å². The van der Waals surface area contributed by atoms with Gasteiger partial charge in [-0.05, 0) is 62.2 Å². The lowest BCUT2D eigenvalue weighted by molar-refractivity contribution is 0.559. The minimum absolute atomic E-state index is 0.247. The molecule has 3 aromatic rings. The predicted molar refractivity (Wildman–Crippen MR) is 111 cm³/mol. The molecule has 29 heavy (non-hydrogen) atoms. The fourth-order valence-electron chi connectivity index (χ4n) is 4.09. The van der Waals surface area contributed by atoms with Crippen molar-refractivity contribution < 1.29 is 4.39 Å². The van der Waals surface area contributed by atoms with Gasteiger partial charge in [0.15, 0.2) is 0 Å². The summed E-state index contributed by atoms with van der Waals surface area (Å²) in [6, 6.07) is 16.6. The second-order valence-corrected chi connectivity index (χ2v) is 7.50. The van der Waals surface area contributed by atoms with Gasteiger partial charge in [-0.2, -0.15) is 10.4 Å².